The van der Waals surface area contributed by atoms with Crippen molar-refractivity contribution in [3.63, 3.8) is 0 Å². The lowest BCUT2D eigenvalue weighted by Crippen LogP contribution is -2.47. The van der Waals surface area contributed by atoms with E-state index in [1.165, 1.54) is 13.0 Å². The number of hydrogen-bond donors (Lipinski definition) is 1. The second-order valence-electron chi connectivity index (χ2n) is 7.70. The highest BCUT2D eigenvalue weighted by Crippen LogP contribution is 2.32. The third-order valence-electron chi connectivity index (χ3n) is 5.58. The molecule has 0 unspecified atom stereocenters. The van der Waals surface area contributed by atoms with Crippen molar-refractivity contribution in [1.29, 1.82) is 0 Å². The second-order valence-corrected chi connectivity index (χ2v) is 7.70. The van der Waals surface area contributed by atoms with Gasteiger partial charge in [0.1, 0.15) is 5.82 Å². The van der Waals surface area contributed by atoms with E-state index in [4.69, 9.17) is 0 Å². The molecule has 3 atom stereocenters. The van der Waals surface area contributed by atoms with Gasteiger partial charge in [-0.2, -0.15) is 0 Å². The summed E-state index contributed by atoms with van der Waals surface area (Å²) in [5.41, 5.74) is 2.59. The fourth-order valence-corrected chi connectivity index (χ4v) is 3.87. The minimum Gasteiger partial charge on any atom is -0.349 e. The van der Waals surface area contributed by atoms with Crippen LogP contribution in [0.3, 0.4) is 0 Å². The predicted molar refractivity (Wildman–Crippen MR) is 107 cm³/mol. The molecule has 28 heavy (non-hydrogen) atoms. The first-order valence-electron chi connectivity index (χ1n) is 9.72. The van der Waals surface area contributed by atoms with Crippen LogP contribution in [0.15, 0.2) is 48.5 Å². The highest BCUT2D eigenvalue weighted by molar-refractivity contribution is 5.81. The van der Waals surface area contributed by atoms with E-state index in [0.717, 1.165) is 11.1 Å². The zero-order valence-corrected chi connectivity index (χ0v) is 16.6. The molecule has 1 fully saturated rings. The summed E-state index contributed by atoms with van der Waals surface area (Å²) in [7, 11) is 0. The molecule has 0 radical (unpaired) electrons. The van der Waals surface area contributed by atoms with Gasteiger partial charge in [-0.05, 0) is 43.0 Å². The van der Waals surface area contributed by atoms with Gasteiger partial charge in [0.15, 0.2) is 0 Å². The Morgan fingerprint density at radius 3 is 2.50 bits per heavy atom. The molecule has 148 valence electrons. The number of carbonyl (C=O) groups is 2. The Morgan fingerprint density at radius 1 is 1.14 bits per heavy atom. The van der Waals surface area contributed by atoms with Gasteiger partial charge in [-0.25, -0.2) is 4.39 Å². The van der Waals surface area contributed by atoms with E-state index in [0.29, 0.717) is 25.1 Å². The quantitative estimate of drug-likeness (QED) is 0.870. The van der Waals surface area contributed by atoms with Gasteiger partial charge in [0.05, 0.1) is 12.0 Å². The lowest BCUT2D eigenvalue weighted by atomic mass is 9.83. The van der Waals surface area contributed by atoms with Crippen LogP contribution in [0.5, 0.6) is 0 Å². The van der Waals surface area contributed by atoms with Crippen LogP contribution in [0.25, 0.3) is 0 Å². The third kappa shape index (κ3) is 4.58. The normalized spacial score (nSPS) is 20.5. The molecule has 0 aromatic heterocycles. The number of halogens is 1. The van der Waals surface area contributed by atoms with Gasteiger partial charge in [0.25, 0.3) is 0 Å². The van der Waals surface area contributed by atoms with E-state index in [1.54, 1.807) is 17.9 Å². The van der Waals surface area contributed by atoms with E-state index >= 15 is 0 Å². The number of hydrogen-bond acceptors (Lipinski definition) is 2. The van der Waals surface area contributed by atoms with Gasteiger partial charge >= 0.3 is 0 Å². The van der Waals surface area contributed by atoms with E-state index in [9.17, 15) is 14.0 Å². The van der Waals surface area contributed by atoms with Crippen LogP contribution in [0.4, 0.5) is 4.39 Å². The average Bonchev–Trinajstić information content (AvgIpc) is 2.70. The third-order valence-corrected chi connectivity index (χ3v) is 5.58. The number of benzene rings is 2. The topological polar surface area (TPSA) is 49.4 Å². The molecule has 1 aliphatic heterocycles. The van der Waals surface area contributed by atoms with Crippen LogP contribution in [0.1, 0.15) is 48.9 Å². The molecule has 3 rings (SSSR count). The van der Waals surface area contributed by atoms with E-state index in [1.807, 2.05) is 43.3 Å². The maximum atomic E-state index is 13.7. The molecular formula is C23H27FN2O2. The molecule has 0 spiro atoms. The first-order valence-corrected chi connectivity index (χ1v) is 9.72. The molecule has 1 N–H and O–H groups in total. The minimum atomic E-state index is -0.292. The molecule has 0 saturated carbocycles. The molecule has 2 amide bonds. The summed E-state index contributed by atoms with van der Waals surface area (Å²) in [5.74, 6) is -0.614. The van der Waals surface area contributed by atoms with Crippen molar-refractivity contribution in [1.82, 2.24) is 10.2 Å². The summed E-state index contributed by atoms with van der Waals surface area (Å²) in [6.07, 6.45) is 0.641. The number of carbonyl (C=O) groups excluding carboxylic acids is 2. The number of rotatable bonds is 4. The number of aryl methyl sites for hydroxylation is 1. The monoisotopic (exact) mass is 382 g/mol. The lowest BCUT2D eigenvalue weighted by Gasteiger charge is -2.37. The summed E-state index contributed by atoms with van der Waals surface area (Å²) in [4.78, 5) is 26.7. The van der Waals surface area contributed by atoms with Crippen molar-refractivity contribution in [2.75, 3.05) is 13.1 Å². The summed E-state index contributed by atoms with van der Waals surface area (Å²) < 4.78 is 13.7. The van der Waals surface area contributed by atoms with Gasteiger partial charge in [-0.3, -0.25) is 9.59 Å². The molecular weight excluding hydrogens is 355 g/mol. The van der Waals surface area contributed by atoms with Crippen LogP contribution < -0.4 is 5.32 Å². The Hall–Kier alpha value is -2.69. The Labute approximate surface area is 165 Å². The van der Waals surface area contributed by atoms with E-state index < -0.39 is 0 Å². The zero-order valence-electron chi connectivity index (χ0n) is 16.6. The number of nitrogens with one attached hydrogen (secondary N) is 1. The molecule has 1 saturated heterocycles. The summed E-state index contributed by atoms with van der Waals surface area (Å²) in [6.45, 7) is 6.19. The SMILES string of the molecule is CC(=O)N1C[C@H](C(=O)N[C@H](C)c2ccccc2)C[C@H](c2ccc(F)c(C)c2)C1. The van der Waals surface area contributed by atoms with Crippen molar-refractivity contribution in [3.05, 3.63) is 71.0 Å². The molecule has 1 aliphatic rings. The van der Waals surface area contributed by atoms with Crippen LogP contribution in [0, 0.1) is 18.7 Å². The average molecular weight is 382 g/mol. The number of nitrogens with zero attached hydrogens (tertiary/aromatic N) is 1. The van der Waals surface area contributed by atoms with Crippen molar-refractivity contribution >= 4 is 11.8 Å². The van der Waals surface area contributed by atoms with E-state index in [2.05, 4.69) is 5.32 Å². The molecule has 1 heterocycles. The van der Waals surface area contributed by atoms with Crippen molar-refractivity contribution < 1.29 is 14.0 Å². The fraction of sp³-hybridized carbons (Fsp3) is 0.391. The summed E-state index contributed by atoms with van der Waals surface area (Å²) in [6, 6.07) is 14.8. The number of amides is 2. The number of piperidine rings is 1. The van der Waals surface area contributed by atoms with Gasteiger partial charge in [-0.1, -0.05) is 42.5 Å². The second kappa shape index (κ2) is 8.55. The first-order chi connectivity index (χ1) is 13.3. The Balaban J connectivity index is 1.76. The Morgan fingerprint density at radius 2 is 1.86 bits per heavy atom. The number of likely N-dealkylation sites (tertiary alicyclic amines) is 1. The largest absolute Gasteiger partial charge is 0.349 e. The fourth-order valence-electron chi connectivity index (χ4n) is 3.87. The van der Waals surface area contributed by atoms with Gasteiger partial charge in [0, 0.05) is 25.9 Å². The van der Waals surface area contributed by atoms with Crippen molar-refractivity contribution in [2.24, 2.45) is 5.92 Å². The molecule has 0 aliphatic carbocycles. The van der Waals surface area contributed by atoms with Crippen LogP contribution in [0.2, 0.25) is 0 Å². The minimum absolute atomic E-state index is 0.0136. The molecule has 2 aromatic carbocycles. The standard InChI is InChI=1S/C23H27FN2O2/c1-15-11-19(9-10-22(15)24)20-12-21(14-26(13-20)17(3)27)23(28)25-16(2)18-7-5-4-6-8-18/h4-11,16,20-21H,12-14H2,1-3H3,(H,25,28)/t16-,20+,21-/m1/s1. The highest BCUT2D eigenvalue weighted by Gasteiger charge is 2.34. The van der Waals surface area contributed by atoms with Gasteiger partial charge in [0.2, 0.25) is 11.8 Å². The van der Waals surface area contributed by atoms with Crippen LogP contribution in [-0.4, -0.2) is 29.8 Å². The summed E-state index contributed by atoms with van der Waals surface area (Å²) >= 11 is 0. The smallest absolute Gasteiger partial charge is 0.225 e. The van der Waals surface area contributed by atoms with Gasteiger partial charge in [-0.15, -0.1) is 0 Å². The van der Waals surface area contributed by atoms with Crippen LogP contribution in [-0.2, 0) is 9.59 Å². The molecule has 0 bridgehead atoms. The Kier molecular flexibility index (Phi) is 6.12. The maximum Gasteiger partial charge on any atom is 0.225 e. The van der Waals surface area contributed by atoms with E-state index in [-0.39, 0.29) is 35.5 Å². The first kappa shape index (κ1) is 20.1. The molecule has 4 nitrogen and oxygen atoms in total. The Bertz CT molecular complexity index is 853. The predicted octanol–water partition coefficient (Wildman–Crippen LogP) is 3.96. The maximum absolute atomic E-state index is 13.7. The molecule has 5 heteroatoms. The highest BCUT2D eigenvalue weighted by atomic mass is 19.1. The van der Waals surface area contributed by atoms with Crippen molar-refractivity contribution in [2.45, 2.75) is 39.2 Å². The zero-order chi connectivity index (χ0) is 20.3. The summed E-state index contributed by atoms with van der Waals surface area (Å²) in [5, 5.41) is 3.08. The molecule has 2 aromatic rings. The van der Waals surface area contributed by atoms with Gasteiger partial charge < -0.3 is 10.2 Å². The lowest BCUT2D eigenvalue weighted by molar-refractivity contribution is -0.134. The van der Waals surface area contributed by atoms with Crippen molar-refractivity contribution in [3.8, 4) is 0 Å². The van der Waals surface area contributed by atoms with Crippen LogP contribution >= 0.6 is 0 Å².